The molecule has 1 heterocycles. The molecule has 1 aliphatic carbocycles. The molecule has 102 valence electrons. The number of aromatic nitrogens is 1. The standard InChI is InChI=1S/C15H11F3N2/c16-15(17,18)12-6-3-7-20-14(12)11-8-9-4-1-2-5-10(9)13(11)19/h1-8,13H,19H2. The first-order valence-electron chi connectivity index (χ1n) is 6.07. The predicted octanol–water partition coefficient (Wildman–Crippen LogP) is 3.65. The van der Waals surface area contributed by atoms with Crippen molar-refractivity contribution in [3.05, 3.63) is 65.0 Å². The highest BCUT2D eigenvalue weighted by atomic mass is 19.4. The number of nitrogens with zero attached hydrogens (tertiary/aromatic N) is 1. The van der Waals surface area contributed by atoms with Gasteiger partial charge in [0.15, 0.2) is 0 Å². The van der Waals surface area contributed by atoms with Crippen molar-refractivity contribution in [1.29, 1.82) is 0 Å². The van der Waals surface area contributed by atoms with Crippen LogP contribution in [-0.2, 0) is 6.18 Å². The third kappa shape index (κ3) is 2.00. The minimum absolute atomic E-state index is 0.0938. The van der Waals surface area contributed by atoms with E-state index in [0.29, 0.717) is 5.57 Å². The molecule has 1 aromatic carbocycles. The summed E-state index contributed by atoms with van der Waals surface area (Å²) < 4.78 is 39.1. The third-order valence-corrected chi connectivity index (χ3v) is 3.36. The summed E-state index contributed by atoms with van der Waals surface area (Å²) >= 11 is 0. The van der Waals surface area contributed by atoms with E-state index < -0.39 is 17.8 Å². The van der Waals surface area contributed by atoms with Crippen molar-refractivity contribution in [1.82, 2.24) is 4.98 Å². The fourth-order valence-corrected chi connectivity index (χ4v) is 2.43. The number of nitrogens with two attached hydrogens (primary N) is 1. The number of fused-ring (bicyclic) bond motifs is 1. The fourth-order valence-electron chi connectivity index (χ4n) is 2.43. The molecule has 0 amide bonds. The van der Waals surface area contributed by atoms with E-state index in [2.05, 4.69) is 4.98 Å². The van der Waals surface area contributed by atoms with E-state index in [-0.39, 0.29) is 5.69 Å². The molecule has 5 heteroatoms. The Morgan fingerprint density at radius 1 is 1.05 bits per heavy atom. The van der Waals surface area contributed by atoms with Gasteiger partial charge in [0.25, 0.3) is 0 Å². The summed E-state index contributed by atoms with van der Waals surface area (Å²) in [5, 5.41) is 0. The largest absolute Gasteiger partial charge is 0.418 e. The molecule has 2 aromatic rings. The van der Waals surface area contributed by atoms with Crippen LogP contribution in [0.3, 0.4) is 0 Å². The van der Waals surface area contributed by atoms with Gasteiger partial charge < -0.3 is 5.73 Å². The Morgan fingerprint density at radius 2 is 1.80 bits per heavy atom. The van der Waals surface area contributed by atoms with Crippen LogP contribution in [0, 0.1) is 0 Å². The zero-order valence-electron chi connectivity index (χ0n) is 10.4. The number of pyridine rings is 1. The molecule has 0 radical (unpaired) electrons. The van der Waals surface area contributed by atoms with Gasteiger partial charge in [0.05, 0.1) is 17.3 Å². The van der Waals surface area contributed by atoms with Crippen LogP contribution in [-0.4, -0.2) is 4.98 Å². The summed E-state index contributed by atoms with van der Waals surface area (Å²) in [6.07, 6.45) is -1.42. The van der Waals surface area contributed by atoms with Gasteiger partial charge in [-0.2, -0.15) is 13.2 Å². The molecule has 1 unspecified atom stereocenters. The Bertz CT molecular complexity index is 690. The Labute approximate surface area is 113 Å². The lowest BCUT2D eigenvalue weighted by Crippen LogP contribution is -2.15. The van der Waals surface area contributed by atoms with Crippen molar-refractivity contribution in [2.75, 3.05) is 0 Å². The smallest absolute Gasteiger partial charge is 0.320 e. The lowest BCUT2D eigenvalue weighted by molar-refractivity contribution is -0.138. The number of halogens is 3. The summed E-state index contributed by atoms with van der Waals surface area (Å²) in [5.74, 6) is 0. The van der Waals surface area contributed by atoms with Crippen molar-refractivity contribution in [3.63, 3.8) is 0 Å². The summed E-state index contributed by atoms with van der Waals surface area (Å²) in [7, 11) is 0. The second kappa shape index (κ2) is 4.45. The lowest BCUT2D eigenvalue weighted by atomic mass is 9.99. The molecule has 0 fully saturated rings. The highest BCUT2D eigenvalue weighted by molar-refractivity contribution is 5.90. The molecule has 0 aliphatic heterocycles. The molecule has 3 rings (SSSR count). The topological polar surface area (TPSA) is 38.9 Å². The van der Waals surface area contributed by atoms with E-state index in [1.807, 2.05) is 24.3 Å². The van der Waals surface area contributed by atoms with Crippen LogP contribution in [0.5, 0.6) is 0 Å². The number of hydrogen-bond donors (Lipinski definition) is 1. The Hall–Kier alpha value is -2.14. The summed E-state index contributed by atoms with van der Waals surface area (Å²) in [6.45, 7) is 0. The number of rotatable bonds is 1. The van der Waals surface area contributed by atoms with E-state index in [1.54, 1.807) is 6.08 Å². The van der Waals surface area contributed by atoms with E-state index in [0.717, 1.165) is 17.2 Å². The van der Waals surface area contributed by atoms with Gasteiger partial charge in [-0.15, -0.1) is 0 Å². The minimum Gasteiger partial charge on any atom is -0.320 e. The van der Waals surface area contributed by atoms with Gasteiger partial charge in [-0.3, -0.25) is 4.98 Å². The molecule has 1 aromatic heterocycles. The average Bonchev–Trinajstić information content (AvgIpc) is 2.76. The SMILES string of the molecule is NC1C(c2ncccc2C(F)(F)F)=Cc2ccccc21. The highest BCUT2D eigenvalue weighted by Crippen LogP contribution is 2.42. The molecular formula is C15H11F3N2. The Kier molecular flexibility index (Phi) is 2.87. The zero-order chi connectivity index (χ0) is 14.3. The van der Waals surface area contributed by atoms with Crippen molar-refractivity contribution >= 4 is 11.6 Å². The van der Waals surface area contributed by atoms with Crippen molar-refractivity contribution in [3.8, 4) is 0 Å². The molecule has 0 bridgehead atoms. The van der Waals surface area contributed by atoms with Gasteiger partial charge in [0.1, 0.15) is 0 Å². The summed E-state index contributed by atoms with van der Waals surface area (Å²) in [5.41, 5.74) is 7.27. The van der Waals surface area contributed by atoms with E-state index >= 15 is 0 Å². The molecule has 1 aliphatic rings. The van der Waals surface area contributed by atoms with Crippen LogP contribution >= 0.6 is 0 Å². The van der Waals surface area contributed by atoms with Gasteiger partial charge in [0.2, 0.25) is 0 Å². The van der Waals surface area contributed by atoms with E-state index in [9.17, 15) is 13.2 Å². The van der Waals surface area contributed by atoms with Crippen LogP contribution in [0.2, 0.25) is 0 Å². The number of hydrogen-bond acceptors (Lipinski definition) is 2. The Morgan fingerprint density at radius 3 is 2.50 bits per heavy atom. The van der Waals surface area contributed by atoms with Gasteiger partial charge in [-0.05, 0) is 29.3 Å². The number of benzene rings is 1. The summed E-state index contributed by atoms with van der Waals surface area (Å²) in [4.78, 5) is 3.89. The van der Waals surface area contributed by atoms with Crippen molar-refractivity contribution in [2.45, 2.75) is 12.2 Å². The van der Waals surface area contributed by atoms with Gasteiger partial charge in [-0.1, -0.05) is 24.3 Å². The van der Waals surface area contributed by atoms with Gasteiger partial charge in [-0.25, -0.2) is 0 Å². The quantitative estimate of drug-likeness (QED) is 0.863. The molecular weight excluding hydrogens is 265 g/mol. The van der Waals surface area contributed by atoms with Crippen LogP contribution in [0.25, 0.3) is 11.6 Å². The monoisotopic (exact) mass is 276 g/mol. The third-order valence-electron chi connectivity index (χ3n) is 3.36. The zero-order valence-corrected chi connectivity index (χ0v) is 10.4. The first kappa shape index (κ1) is 12.9. The molecule has 2 nitrogen and oxygen atoms in total. The van der Waals surface area contributed by atoms with Gasteiger partial charge >= 0.3 is 6.18 Å². The predicted molar refractivity (Wildman–Crippen MR) is 70.5 cm³/mol. The fraction of sp³-hybridized carbons (Fsp3) is 0.133. The van der Waals surface area contributed by atoms with Crippen LogP contribution in [0.4, 0.5) is 13.2 Å². The second-order valence-electron chi connectivity index (χ2n) is 4.60. The molecule has 2 N–H and O–H groups in total. The molecule has 0 saturated carbocycles. The molecule has 0 saturated heterocycles. The lowest BCUT2D eigenvalue weighted by Gasteiger charge is -2.15. The average molecular weight is 276 g/mol. The maximum atomic E-state index is 13.0. The highest BCUT2D eigenvalue weighted by Gasteiger charge is 2.36. The second-order valence-corrected chi connectivity index (χ2v) is 4.60. The van der Waals surface area contributed by atoms with Crippen molar-refractivity contribution in [2.24, 2.45) is 5.73 Å². The molecule has 20 heavy (non-hydrogen) atoms. The minimum atomic E-state index is -4.45. The van der Waals surface area contributed by atoms with E-state index in [1.165, 1.54) is 12.3 Å². The molecule has 0 spiro atoms. The van der Waals surface area contributed by atoms with E-state index in [4.69, 9.17) is 5.73 Å². The van der Waals surface area contributed by atoms with Crippen LogP contribution in [0.15, 0.2) is 42.6 Å². The van der Waals surface area contributed by atoms with Crippen LogP contribution < -0.4 is 5.73 Å². The number of alkyl halides is 3. The maximum Gasteiger partial charge on any atom is 0.418 e. The van der Waals surface area contributed by atoms with Crippen LogP contribution in [0.1, 0.15) is 28.4 Å². The molecule has 1 atom stereocenters. The van der Waals surface area contributed by atoms with Crippen molar-refractivity contribution < 1.29 is 13.2 Å². The normalized spacial score (nSPS) is 17.8. The first-order chi connectivity index (χ1) is 9.48. The summed E-state index contributed by atoms with van der Waals surface area (Å²) in [6, 6.07) is 9.02. The Balaban J connectivity index is 2.14. The maximum absolute atomic E-state index is 13.0. The van der Waals surface area contributed by atoms with Gasteiger partial charge in [0, 0.05) is 11.8 Å². The first-order valence-corrected chi connectivity index (χ1v) is 6.07.